The van der Waals surface area contributed by atoms with Crippen LogP contribution in [0.4, 0.5) is 5.69 Å². The average molecular weight is 261 g/mol. The number of rotatable bonds is 5. The lowest BCUT2D eigenvalue weighted by atomic mass is 10.1. The van der Waals surface area contributed by atoms with Gasteiger partial charge in [-0.2, -0.15) is 0 Å². The second kappa shape index (κ2) is 5.84. The van der Waals surface area contributed by atoms with Gasteiger partial charge in [0.2, 0.25) is 5.91 Å². The van der Waals surface area contributed by atoms with Crippen LogP contribution in [0.15, 0.2) is 22.6 Å². The van der Waals surface area contributed by atoms with Crippen molar-refractivity contribution in [2.45, 2.75) is 39.2 Å². The van der Waals surface area contributed by atoms with E-state index in [-0.39, 0.29) is 5.91 Å². The van der Waals surface area contributed by atoms with E-state index < -0.39 is 6.04 Å². The quantitative estimate of drug-likeness (QED) is 0.866. The van der Waals surface area contributed by atoms with Crippen molar-refractivity contribution < 1.29 is 9.21 Å². The molecule has 1 aromatic heterocycles. The van der Waals surface area contributed by atoms with Crippen LogP contribution in [-0.2, 0) is 4.79 Å². The number of aryl methyl sites for hydroxylation is 1. The Balaban J connectivity index is 2.06. The first-order valence-electron chi connectivity index (χ1n) is 6.53. The Morgan fingerprint density at radius 3 is 3.05 bits per heavy atom. The van der Waals surface area contributed by atoms with Crippen LogP contribution in [0.2, 0.25) is 0 Å². The number of nitrogens with zero attached hydrogens (tertiary/aromatic N) is 1. The number of fused-ring (bicyclic) bond motifs is 1. The third-order valence-electron chi connectivity index (χ3n) is 2.97. The molecule has 2 rings (SSSR count). The van der Waals surface area contributed by atoms with Gasteiger partial charge >= 0.3 is 0 Å². The lowest BCUT2D eigenvalue weighted by Crippen LogP contribution is -2.35. The minimum Gasteiger partial charge on any atom is -0.441 e. The van der Waals surface area contributed by atoms with Gasteiger partial charge in [0.25, 0.3) is 0 Å². The molecule has 5 heteroatoms. The highest BCUT2D eigenvalue weighted by molar-refractivity contribution is 5.96. The standard InChI is InChI=1S/C14H19N3O2/c1-3-4-5-11(15)14(18)17-10-6-7-13-12(8-10)16-9(2)19-13/h6-8,11H,3-5,15H2,1-2H3,(H,17,18). The summed E-state index contributed by atoms with van der Waals surface area (Å²) in [6.45, 7) is 3.87. The van der Waals surface area contributed by atoms with Gasteiger partial charge in [-0.1, -0.05) is 19.8 Å². The highest BCUT2D eigenvalue weighted by Gasteiger charge is 2.13. The molecule has 0 spiro atoms. The lowest BCUT2D eigenvalue weighted by Gasteiger charge is -2.11. The largest absolute Gasteiger partial charge is 0.441 e. The number of aromatic nitrogens is 1. The minimum absolute atomic E-state index is 0.159. The number of carbonyl (C=O) groups is 1. The van der Waals surface area contributed by atoms with E-state index in [1.807, 2.05) is 0 Å². The normalized spacial score (nSPS) is 12.6. The highest BCUT2D eigenvalue weighted by atomic mass is 16.3. The summed E-state index contributed by atoms with van der Waals surface area (Å²) in [5.74, 6) is 0.450. The summed E-state index contributed by atoms with van der Waals surface area (Å²) < 4.78 is 5.38. The fourth-order valence-corrected chi connectivity index (χ4v) is 1.91. The second-order valence-corrected chi connectivity index (χ2v) is 4.65. The van der Waals surface area contributed by atoms with E-state index in [1.165, 1.54) is 0 Å². The number of carbonyl (C=O) groups excluding carboxylic acids is 1. The SMILES string of the molecule is CCCCC(N)C(=O)Nc1ccc2oc(C)nc2c1. The van der Waals surface area contributed by atoms with Gasteiger partial charge in [0.1, 0.15) is 5.52 Å². The molecule has 1 aromatic carbocycles. The molecule has 0 fully saturated rings. The summed E-state index contributed by atoms with van der Waals surface area (Å²) in [7, 11) is 0. The molecule has 1 atom stereocenters. The van der Waals surface area contributed by atoms with Crippen LogP contribution in [0.1, 0.15) is 32.1 Å². The van der Waals surface area contributed by atoms with Crippen LogP contribution in [0.3, 0.4) is 0 Å². The zero-order valence-corrected chi connectivity index (χ0v) is 11.3. The molecule has 1 heterocycles. The fraction of sp³-hybridized carbons (Fsp3) is 0.429. The first-order valence-corrected chi connectivity index (χ1v) is 6.53. The number of nitrogens with one attached hydrogen (secondary N) is 1. The lowest BCUT2D eigenvalue weighted by molar-refractivity contribution is -0.117. The molecule has 0 aliphatic heterocycles. The van der Waals surface area contributed by atoms with E-state index >= 15 is 0 Å². The van der Waals surface area contributed by atoms with Crippen LogP contribution < -0.4 is 11.1 Å². The zero-order chi connectivity index (χ0) is 13.8. The maximum absolute atomic E-state index is 11.9. The van der Waals surface area contributed by atoms with E-state index in [0.717, 1.165) is 18.4 Å². The Morgan fingerprint density at radius 1 is 1.53 bits per heavy atom. The number of unbranched alkanes of at least 4 members (excludes halogenated alkanes) is 1. The number of oxazole rings is 1. The first kappa shape index (κ1) is 13.5. The predicted molar refractivity (Wildman–Crippen MR) is 74.9 cm³/mol. The van der Waals surface area contributed by atoms with Crippen molar-refractivity contribution in [2.75, 3.05) is 5.32 Å². The molecule has 19 heavy (non-hydrogen) atoms. The third kappa shape index (κ3) is 3.32. The number of amides is 1. The van der Waals surface area contributed by atoms with E-state index in [4.69, 9.17) is 10.2 Å². The molecule has 1 unspecified atom stereocenters. The maximum Gasteiger partial charge on any atom is 0.241 e. The molecule has 0 saturated carbocycles. The molecule has 0 bridgehead atoms. The summed E-state index contributed by atoms with van der Waals surface area (Å²) in [5, 5.41) is 2.81. The molecule has 0 radical (unpaired) electrons. The van der Waals surface area contributed by atoms with Crippen LogP contribution >= 0.6 is 0 Å². The molecular weight excluding hydrogens is 242 g/mol. The van der Waals surface area contributed by atoms with Crippen molar-refractivity contribution >= 4 is 22.7 Å². The van der Waals surface area contributed by atoms with Gasteiger partial charge in [-0.15, -0.1) is 0 Å². The molecule has 102 valence electrons. The predicted octanol–water partition coefficient (Wildman–Crippen LogP) is 2.59. The molecule has 2 aromatic rings. The smallest absolute Gasteiger partial charge is 0.241 e. The summed E-state index contributed by atoms with van der Waals surface area (Å²) in [6.07, 6.45) is 2.69. The summed E-state index contributed by atoms with van der Waals surface area (Å²) in [6, 6.07) is 4.91. The summed E-state index contributed by atoms with van der Waals surface area (Å²) in [5.41, 5.74) is 7.96. The van der Waals surface area contributed by atoms with E-state index in [0.29, 0.717) is 23.6 Å². The molecular formula is C14H19N3O2. The first-order chi connectivity index (χ1) is 9.10. The zero-order valence-electron chi connectivity index (χ0n) is 11.3. The van der Waals surface area contributed by atoms with Crippen molar-refractivity contribution in [3.63, 3.8) is 0 Å². The van der Waals surface area contributed by atoms with Crippen molar-refractivity contribution in [2.24, 2.45) is 5.73 Å². The summed E-state index contributed by atoms with van der Waals surface area (Å²) >= 11 is 0. The molecule has 5 nitrogen and oxygen atoms in total. The number of hydrogen-bond acceptors (Lipinski definition) is 4. The Bertz CT molecular complexity index is 577. The average Bonchev–Trinajstić information content (AvgIpc) is 2.75. The molecule has 3 N–H and O–H groups in total. The van der Waals surface area contributed by atoms with Gasteiger partial charge in [-0.05, 0) is 24.6 Å². The molecule has 0 aliphatic rings. The Labute approximate surface area is 112 Å². The monoisotopic (exact) mass is 261 g/mol. The minimum atomic E-state index is -0.463. The Kier molecular flexibility index (Phi) is 4.16. The van der Waals surface area contributed by atoms with Gasteiger partial charge in [0.05, 0.1) is 6.04 Å². The van der Waals surface area contributed by atoms with Crippen LogP contribution in [0.5, 0.6) is 0 Å². The number of benzene rings is 1. The Hall–Kier alpha value is -1.88. The van der Waals surface area contributed by atoms with Gasteiger partial charge in [-0.3, -0.25) is 4.79 Å². The van der Waals surface area contributed by atoms with E-state index in [1.54, 1.807) is 25.1 Å². The van der Waals surface area contributed by atoms with E-state index in [9.17, 15) is 4.79 Å². The maximum atomic E-state index is 11.9. The van der Waals surface area contributed by atoms with Crippen LogP contribution in [0, 0.1) is 6.92 Å². The third-order valence-corrected chi connectivity index (χ3v) is 2.97. The van der Waals surface area contributed by atoms with Gasteiger partial charge < -0.3 is 15.5 Å². The Morgan fingerprint density at radius 2 is 2.32 bits per heavy atom. The topological polar surface area (TPSA) is 81.2 Å². The van der Waals surface area contributed by atoms with Crippen LogP contribution in [0.25, 0.3) is 11.1 Å². The summed E-state index contributed by atoms with van der Waals surface area (Å²) in [4.78, 5) is 16.1. The van der Waals surface area contributed by atoms with Crippen molar-refractivity contribution in [1.82, 2.24) is 4.98 Å². The molecule has 0 saturated heterocycles. The molecule has 0 aliphatic carbocycles. The number of anilines is 1. The molecule has 1 amide bonds. The second-order valence-electron chi connectivity index (χ2n) is 4.65. The van der Waals surface area contributed by atoms with Gasteiger partial charge in [0.15, 0.2) is 11.5 Å². The van der Waals surface area contributed by atoms with Crippen molar-refractivity contribution in [3.05, 3.63) is 24.1 Å². The van der Waals surface area contributed by atoms with Crippen LogP contribution in [-0.4, -0.2) is 16.9 Å². The van der Waals surface area contributed by atoms with Gasteiger partial charge in [-0.25, -0.2) is 4.98 Å². The number of nitrogens with two attached hydrogens (primary N) is 1. The van der Waals surface area contributed by atoms with Crippen molar-refractivity contribution in [1.29, 1.82) is 0 Å². The van der Waals surface area contributed by atoms with Crippen molar-refractivity contribution in [3.8, 4) is 0 Å². The van der Waals surface area contributed by atoms with Gasteiger partial charge in [0, 0.05) is 12.6 Å². The van der Waals surface area contributed by atoms with E-state index in [2.05, 4.69) is 17.2 Å². The number of hydrogen-bond donors (Lipinski definition) is 2. The highest BCUT2D eigenvalue weighted by Crippen LogP contribution is 2.19. The fourth-order valence-electron chi connectivity index (χ4n) is 1.91.